The standard InChI is InChI=1S/C30H27ClN2O3/c1-19-6-4-5-7-25(19)27(18-29(33-35)24-14-15-32-20(2)16-24)22-10-8-21(9-11-22)23-12-13-26(28(31)17-23)30(34)36-3/h4-17,27,35H,18H2,1-3H3/b33-29+. The minimum absolute atomic E-state index is 0.0232. The Labute approximate surface area is 216 Å². The van der Waals surface area contributed by atoms with E-state index >= 15 is 0 Å². The van der Waals surface area contributed by atoms with E-state index in [1.165, 1.54) is 18.2 Å². The molecule has 36 heavy (non-hydrogen) atoms. The molecule has 0 spiro atoms. The van der Waals surface area contributed by atoms with Gasteiger partial charge in [-0.25, -0.2) is 4.79 Å². The van der Waals surface area contributed by atoms with E-state index in [0.717, 1.165) is 27.9 Å². The van der Waals surface area contributed by atoms with Crippen LogP contribution in [-0.2, 0) is 4.74 Å². The Kier molecular flexibility index (Phi) is 7.81. The molecule has 4 rings (SSSR count). The van der Waals surface area contributed by atoms with Crippen molar-refractivity contribution in [3.8, 4) is 11.1 Å². The lowest BCUT2D eigenvalue weighted by molar-refractivity contribution is 0.0601. The highest BCUT2D eigenvalue weighted by atomic mass is 35.5. The fourth-order valence-electron chi connectivity index (χ4n) is 4.40. The zero-order valence-corrected chi connectivity index (χ0v) is 21.2. The SMILES string of the molecule is COC(=O)c1ccc(-c2ccc(C(C/C(=N\O)c3ccnc(C)c3)c3ccccc3C)cc2)cc1Cl. The number of hydrogen-bond donors (Lipinski definition) is 1. The van der Waals surface area contributed by atoms with Crippen molar-refractivity contribution in [2.24, 2.45) is 5.16 Å². The molecule has 1 heterocycles. The number of oxime groups is 1. The first-order valence-electron chi connectivity index (χ1n) is 11.6. The number of benzene rings is 3. The summed E-state index contributed by atoms with van der Waals surface area (Å²) in [6.45, 7) is 4.01. The van der Waals surface area contributed by atoms with Gasteiger partial charge in [0.05, 0.1) is 23.4 Å². The smallest absolute Gasteiger partial charge is 0.339 e. The van der Waals surface area contributed by atoms with Crippen LogP contribution in [0.2, 0.25) is 5.02 Å². The van der Waals surface area contributed by atoms with Crippen molar-refractivity contribution in [3.05, 3.63) is 124 Å². The van der Waals surface area contributed by atoms with Crippen LogP contribution in [-0.4, -0.2) is 29.0 Å². The molecule has 1 aromatic heterocycles. The summed E-state index contributed by atoms with van der Waals surface area (Å²) in [6, 6.07) is 25.6. The van der Waals surface area contributed by atoms with Crippen molar-refractivity contribution in [1.82, 2.24) is 4.98 Å². The van der Waals surface area contributed by atoms with Gasteiger partial charge in [0.1, 0.15) is 0 Å². The molecule has 3 aromatic carbocycles. The summed E-state index contributed by atoms with van der Waals surface area (Å²) >= 11 is 6.33. The second-order valence-electron chi connectivity index (χ2n) is 8.65. The lowest BCUT2D eigenvalue weighted by atomic mass is 9.83. The molecule has 1 unspecified atom stereocenters. The predicted molar refractivity (Wildman–Crippen MR) is 143 cm³/mol. The van der Waals surface area contributed by atoms with Crippen LogP contribution in [0.4, 0.5) is 0 Å². The summed E-state index contributed by atoms with van der Waals surface area (Å²) in [6.07, 6.45) is 2.24. The number of esters is 1. The van der Waals surface area contributed by atoms with Crippen LogP contribution in [0.25, 0.3) is 11.1 Å². The lowest BCUT2D eigenvalue weighted by Gasteiger charge is -2.21. The number of ether oxygens (including phenoxy) is 1. The quantitative estimate of drug-likeness (QED) is 0.126. The van der Waals surface area contributed by atoms with E-state index in [-0.39, 0.29) is 5.92 Å². The molecule has 0 fully saturated rings. The van der Waals surface area contributed by atoms with E-state index < -0.39 is 5.97 Å². The van der Waals surface area contributed by atoms with Gasteiger partial charge in [0, 0.05) is 29.8 Å². The number of rotatable bonds is 7. The Morgan fingerprint density at radius 3 is 2.36 bits per heavy atom. The van der Waals surface area contributed by atoms with Crippen molar-refractivity contribution in [3.63, 3.8) is 0 Å². The molecular weight excluding hydrogens is 472 g/mol. The first kappa shape index (κ1) is 25.1. The second kappa shape index (κ2) is 11.2. The van der Waals surface area contributed by atoms with Crippen molar-refractivity contribution >= 4 is 23.3 Å². The Morgan fingerprint density at radius 1 is 1.00 bits per heavy atom. The van der Waals surface area contributed by atoms with Crippen LogP contribution in [0.1, 0.15) is 50.6 Å². The Balaban J connectivity index is 1.70. The Bertz CT molecular complexity index is 1410. The van der Waals surface area contributed by atoms with Crippen LogP contribution < -0.4 is 0 Å². The van der Waals surface area contributed by atoms with E-state index in [9.17, 15) is 10.0 Å². The monoisotopic (exact) mass is 498 g/mol. The molecule has 6 heteroatoms. The van der Waals surface area contributed by atoms with Gasteiger partial charge in [0.25, 0.3) is 0 Å². The molecule has 5 nitrogen and oxygen atoms in total. The summed E-state index contributed by atoms with van der Waals surface area (Å²) in [7, 11) is 1.33. The normalized spacial score (nSPS) is 12.3. The molecule has 0 radical (unpaired) electrons. The number of hydrogen-bond acceptors (Lipinski definition) is 5. The summed E-state index contributed by atoms with van der Waals surface area (Å²) < 4.78 is 4.78. The van der Waals surface area contributed by atoms with Crippen LogP contribution in [0, 0.1) is 13.8 Å². The molecule has 0 bridgehead atoms. The van der Waals surface area contributed by atoms with Gasteiger partial charge in [-0.1, -0.05) is 71.4 Å². The molecule has 1 N–H and O–H groups in total. The number of nitrogens with zero attached hydrogens (tertiary/aromatic N) is 2. The van der Waals surface area contributed by atoms with Gasteiger partial charge in [-0.15, -0.1) is 0 Å². The molecule has 0 aliphatic heterocycles. The fraction of sp³-hybridized carbons (Fsp3) is 0.167. The first-order chi connectivity index (χ1) is 17.4. The van der Waals surface area contributed by atoms with E-state index in [2.05, 4.69) is 41.3 Å². The van der Waals surface area contributed by atoms with Gasteiger partial charge in [-0.05, 0) is 65.9 Å². The maximum Gasteiger partial charge on any atom is 0.339 e. The highest BCUT2D eigenvalue weighted by Gasteiger charge is 2.21. The van der Waals surface area contributed by atoms with Gasteiger partial charge in [0.2, 0.25) is 0 Å². The molecule has 1 atom stereocenters. The minimum Gasteiger partial charge on any atom is -0.465 e. The molecule has 0 aliphatic carbocycles. The third-order valence-electron chi connectivity index (χ3n) is 6.33. The third-order valence-corrected chi connectivity index (χ3v) is 6.65. The number of carbonyl (C=O) groups excluding carboxylic acids is 1. The number of halogens is 1. The van der Waals surface area contributed by atoms with E-state index in [1.807, 2.05) is 49.4 Å². The number of aromatic nitrogens is 1. The number of carbonyl (C=O) groups is 1. The van der Waals surface area contributed by atoms with E-state index in [0.29, 0.717) is 22.7 Å². The molecule has 0 saturated carbocycles. The Morgan fingerprint density at radius 2 is 1.72 bits per heavy atom. The van der Waals surface area contributed by atoms with Crippen LogP contribution in [0.5, 0.6) is 0 Å². The highest BCUT2D eigenvalue weighted by molar-refractivity contribution is 6.33. The zero-order valence-electron chi connectivity index (χ0n) is 20.4. The van der Waals surface area contributed by atoms with Gasteiger partial charge < -0.3 is 9.94 Å². The van der Waals surface area contributed by atoms with Crippen LogP contribution in [0.15, 0.2) is 90.2 Å². The molecule has 0 aliphatic rings. The fourth-order valence-corrected chi connectivity index (χ4v) is 4.66. The number of aryl methyl sites for hydroxylation is 2. The second-order valence-corrected chi connectivity index (χ2v) is 9.06. The topological polar surface area (TPSA) is 71.8 Å². The Hall–Kier alpha value is -3.96. The van der Waals surface area contributed by atoms with Gasteiger partial charge >= 0.3 is 5.97 Å². The van der Waals surface area contributed by atoms with Crippen molar-refractivity contribution < 1.29 is 14.7 Å². The van der Waals surface area contributed by atoms with E-state index in [4.69, 9.17) is 16.3 Å². The van der Waals surface area contributed by atoms with E-state index in [1.54, 1.807) is 18.3 Å². The van der Waals surface area contributed by atoms with Crippen molar-refractivity contribution in [2.45, 2.75) is 26.2 Å². The number of methoxy groups -OCH3 is 1. The average molecular weight is 499 g/mol. The zero-order chi connectivity index (χ0) is 25.7. The third kappa shape index (κ3) is 5.47. The summed E-state index contributed by atoms with van der Waals surface area (Å²) in [5.41, 5.74) is 7.95. The largest absolute Gasteiger partial charge is 0.465 e. The maximum absolute atomic E-state index is 11.9. The minimum atomic E-state index is -0.464. The van der Waals surface area contributed by atoms with Gasteiger partial charge in [0.15, 0.2) is 0 Å². The predicted octanol–water partition coefficient (Wildman–Crippen LogP) is 7.21. The van der Waals surface area contributed by atoms with Crippen molar-refractivity contribution in [2.75, 3.05) is 7.11 Å². The van der Waals surface area contributed by atoms with Crippen molar-refractivity contribution in [1.29, 1.82) is 0 Å². The lowest BCUT2D eigenvalue weighted by Crippen LogP contribution is -2.12. The molecule has 0 amide bonds. The average Bonchev–Trinajstić information content (AvgIpc) is 2.90. The molecule has 4 aromatic rings. The summed E-state index contributed by atoms with van der Waals surface area (Å²) in [4.78, 5) is 16.1. The molecular formula is C30H27ClN2O3. The number of pyridine rings is 1. The molecule has 0 saturated heterocycles. The summed E-state index contributed by atoms with van der Waals surface area (Å²) in [5.74, 6) is -0.487. The first-order valence-corrected chi connectivity index (χ1v) is 12.0. The van der Waals surface area contributed by atoms with Crippen LogP contribution >= 0.6 is 11.6 Å². The summed E-state index contributed by atoms with van der Waals surface area (Å²) in [5, 5.41) is 13.9. The maximum atomic E-state index is 11.9. The van der Waals surface area contributed by atoms with Gasteiger partial charge in [-0.3, -0.25) is 4.98 Å². The van der Waals surface area contributed by atoms with Gasteiger partial charge in [-0.2, -0.15) is 0 Å². The van der Waals surface area contributed by atoms with Crippen LogP contribution in [0.3, 0.4) is 0 Å². The molecule has 182 valence electrons. The highest BCUT2D eigenvalue weighted by Crippen LogP contribution is 2.34.